The van der Waals surface area contributed by atoms with Gasteiger partial charge in [-0.2, -0.15) is 0 Å². The van der Waals surface area contributed by atoms with E-state index in [4.69, 9.17) is 11.6 Å². The zero-order valence-electron chi connectivity index (χ0n) is 12.1. The van der Waals surface area contributed by atoms with E-state index in [-0.39, 0.29) is 22.0 Å². The molecule has 1 aromatic rings. The van der Waals surface area contributed by atoms with E-state index in [1.807, 2.05) is 6.08 Å². The van der Waals surface area contributed by atoms with Crippen LogP contribution in [0, 0.1) is 0 Å². The highest BCUT2D eigenvalue weighted by Crippen LogP contribution is 2.22. The summed E-state index contributed by atoms with van der Waals surface area (Å²) in [5.41, 5.74) is 0.961. The van der Waals surface area contributed by atoms with Crippen LogP contribution in [0.1, 0.15) is 16.8 Å². The van der Waals surface area contributed by atoms with Gasteiger partial charge in [0.25, 0.3) is 0 Å². The molecule has 22 heavy (non-hydrogen) atoms. The maximum absolute atomic E-state index is 12.4. The molecule has 0 fully saturated rings. The Morgan fingerprint density at radius 3 is 2.86 bits per heavy atom. The number of ether oxygens (including phenoxy) is 1. The van der Waals surface area contributed by atoms with Crippen LogP contribution in [0.5, 0.6) is 0 Å². The molecule has 1 heterocycles. The third-order valence-corrected chi connectivity index (χ3v) is 4.96. The second kappa shape index (κ2) is 7.23. The van der Waals surface area contributed by atoms with E-state index in [9.17, 15) is 13.2 Å². The highest BCUT2D eigenvalue weighted by molar-refractivity contribution is 7.89. The van der Waals surface area contributed by atoms with Crippen LogP contribution in [-0.4, -0.2) is 41.1 Å². The van der Waals surface area contributed by atoms with Crippen molar-refractivity contribution in [2.45, 2.75) is 11.3 Å². The molecule has 0 aliphatic carbocycles. The molecule has 1 aromatic carbocycles. The molecule has 0 atom stereocenters. The summed E-state index contributed by atoms with van der Waals surface area (Å²) in [6, 6.07) is 4.03. The lowest BCUT2D eigenvalue weighted by molar-refractivity contribution is 0.0596. The lowest BCUT2D eigenvalue weighted by Gasteiger charge is -2.15. The predicted molar refractivity (Wildman–Crippen MR) is 83.5 cm³/mol. The molecule has 0 saturated carbocycles. The van der Waals surface area contributed by atoms with Crippen LogP contribution in [-0.2, 0) is 14.8 Å². The van der Waals surface area contributed by atoms with Gasteiger partial charge in [-0.1, -0.05) is 23.3 Å². The topological polar surface area (TPSA) is 84.5 Å². The predicted octanol–water partition coefficient (Wildman–Crippen LogP) is 1.32. The van der Waals surface area contributed by atoms with Crippen LogP contribution in [0.3, 0.4) is 0 Å². The summed E-state index contributed by atoms with van der Waals surface area (Å²) in [6.07, 6.45) is 2.73. The molecule has 2 N–H and O–H groups in total. The number of benzene rings is 1. The minimum absolute atomic E-state index is 0.0429. The first-order chi connectivity index (χ1) is 10.4. The van der Waals surface area contributed by atoms with Gasteiger partial charge in [0.2, 0.25) is 10.0 Å². The Balaban J connectivity index is 2.26. The van der Waals surface area contributed by atoms with Gasteiger partial charge in [0.1, 0.15) is 0 Å². The number of nitrogens with one attached hydrogen (secondary N) is 2. The first-order valence-corrected chi connectivity index (χ1v) is 8.56. The van der Waals surface area contributed by atoms with Crippen LogP contribution in [0.25, 0.3) is 0 Å². The van der Waals surface area contributed by atoms with Crippen molar-refractivity contribution in [1.82, 2.24) is 10.0 Å². The van der Waals surface area contributed by atoms with Crippen molar-refractivity contribution in [2.75, 3.05) is 26.7 Å². The van der Waals surface area contributed by atoms with E-state index in [1.54, 1.807) is 0 Å². The Kier molecular flexibility index (Phi) is 5.57. The second-order valence-corrected chi connectivity index (χ2v) is 6.94. The summed E-state index contributed by atoms with van der Waals surface area (Å²) in [7, 11) is -2.67. The number of halogens is 1. The SMILES string of the molecule is COC(=O)c1ccc(Cl)cc1S(=O)(=O)NCC1=CCNCC1. The minimum Gasteiger partial charge on any atom is -0.465 e. The molecule has 120 valence electrons. The minimum atomic E-state index is -3.86. The molecule has 6 nitrogen and oxygen atoms in total. The zero-order valence-corrected chi connectivity index (χ0v) is 13.6. The van der Waals surface area contributed by atoms with Gasteiger partial charge < -0.3 is 10.1 Å². The fourth-order valence-electron chi connectivity index (χ4n) is 2.09. The van der Waals surface area contributed by atoms with Gasteiger partial charge in [0, 0.05) is 18.1 Å². The van der Waals surface area contributed by atoms with Crippen LogP contribution >= 0.6 is 11.6 Å². The van der Waals surface area contributed by atoms with Crippen molar-refractivity contribution >= 4 is 27.6 Å². The summed E-state index contributed by atoms with van der Waals surface area (Å²) < 4.78 is 32.0. The largest absolute Gasteiger partial charge is 0.465 e. The molecular weight excluding hydrogens is 328 g/mol. The van der Waals surface area contributed by atoms with Crippen molar-refractivity contribution in [3.05, 3.63) is 40.4 Å². The summed E-state index contributed by atoms with van der Waals surface area (Å²) >= 11 is 5.86. The Bertz CT molecular complexity index is 701. The van der Waals surface area contributed by atoms with Crippen molar-refractivity contribution in [3.8, 4) is 0 Å². The number of esters is 1. The molecule has 0 unspecified atom stereocenters. The molecule has 0 bridgehead atoms. The number of methoxy groups -OCH3 is 1. The van der Waals surface area contributed by atoms with Gasteiger partial charge in [0.05, 0.1) is 17.6 Å². The standard InChI is InChI=1S/C14H17ClN2O4S/c1-21-14(18)12-3-2-11(15)8-13(12)22(19,20)17-9-10-4-6-16-7-5-10/h2-4,8,16-17H,5-7,9H2,1H3. The van der Waals surface area contributed by atoms with E-state index in [0.717, 1.165) is 25.1 Å². The molecule has 1 aliphatic heterocycles. The van der Waals surface area contributed by atoms with E-state index in [1.165, 1.54) is 25.3 Å². The van der Waals surface area contributed by atoms with Crippen LogP contribution in [0.15, 0.2) is 34.7 Å². The Morgan fingerprint density at radius 2 is 2.23 bits per heavy atom. The molecular formula is C14H17ClN2O4S. The van der Waals surface area contributed by atoms with Gasteiger partial charge in [-0.15, -0.1) is 0 Å². The Hall–Kier alpha value is -1.41. The monoisotopic (exact) mass is 344 g/mol. The second-order valence-electron chi connectivity index (χ2n) is 4.77. The van der Waals surface area contributed by atoms with E-state index in [2.05, 4.69) is 14.8 Å². The number of carbonyl (C=O) groups excluding carboxylic acids is 1. The summed E-state index contributed by atoms with van der Waals surface area (Å²) in [5.74, 6) is -0.724. The summed E-state index contributed by atoms with van der Waals surface area (Å²) in [6.45, 7) is 1.75. The zero-order chi connectivity index (χ0) is 16.2. The van der Waals surface area contributed by atoms with Gasteiger partial charge in [0.15, 0.2) is 0 Å². The number of hydrogen-bond acceptors (Lipinski definition) is 5. The third-order valence-electron chi connectivity index (χ3n) is 3.29. The van der Waals surface area contributed by atoms with Crippen LogP contribution in [0.4, 0.5) is 0 Å². The van der Waals surface area contributed by atoms with Gasteiger partial charge in [-0.05, 0) is 31.2 Å². The molecule has 2 rings (SSSR count). The molecule has 1 aliphatic rings. The molecule has 0 spiro atoms. The summed E-state index contributed by atoms with van der Waals surface area (Å²) in [5, 5.41) is 3.38. The smallest absolute Gasteiger partial charge is 0.339 e. The van der Waals surface area contributed by atoms with E-state index >= 15 is 0 Å². The number of sulfonamides is 1. The van der Waals surface area contributed by atoms with Crippen LogP contribution in [0.2, 0.25) is 5.02 Å². The van der Waals surface area contributed by atoms with Crippen LogP contribution < -0.4 is 10.0 Å². The number of rotatable bonds is 5. The van der Waals surface area contributed by atoms with E-state index in [0.29, 0.717) is 0 Å². The molecule has 8 heteroatoms. The highest BCUT2D eigenvalue weighted by Gasteiger charge is 2.23. The van der Waals surface area contributed by atoms with Gasteiger partial charge >= 0.3 is 5.97 Å². The third kappa shape index (κ3) is 4.07. The maximum Gasteiger partial charge on any atom is 0.339 e. The van der Waals surface area contributed by atoms with Crippen molar-refractivity contribution in [1.29, 1.82) is 0 Å². The quantitative estimate of drug-likeness (QED) is 0.621. The highest BCUT2D eigenvalue weighted by atomic mass is 35.5. The first-order valence-electron chi connectivity index (χ1n) is 6.70. The van der Waals surface area contributed by atoms with Crippen molar-refractivity contribution < 1.29 is 17.9 Å². The number of hydrogen-bond donors (Lipinski definition) is 2. The fraction of sp³-hybridized carbons (Fsp3) is 0.357. The lowest BCUT2D eigenvalue weighted by atomic mass is 10.1. The van der Waals surface area contributed by atoms with Gasteiger partial charge in [-0.25, -0.2) is 17.9 Å². The van der Waals surface area contributed by atoms with Crippen molar-refractivity contribution in [3.63, 3.8) is 0 Å². The normalized spacial score (nSPS) is 15.3. The summed E-state index contributed by atoms with van der Waals surface area (Å²) in [4.78, 5) is 11.5. The lowest BCUT2D eigenvalue weighted by Crippen LogP contribution is -2.30. The average molecular weight is 345 g/mol. The Morgan fingerprint density at radius 1 is 1.45 bits per heavy atom. The maximum atomic E-state index is 12.4. The first kappa shape index (κ1) is 17.0. The molecule has 0 saturated heterocycles. The molecule has 0 radical (unpaired) electrons. The number of carbonyl (C=O) groups is 1. The Labute approximate surface area is 134 Å². The fourth-order valence-corrected chi connectivity index (χ4v) is 3.58. The molecule has 0 amide bonds. The average Bonchev–Trinajstić information content (AvgIpc) is 2.53. The molecule has 0 aromatic heterocycles. The van der Waals surface area contributed by atoms with E-state index < -0.39 is 16.0 Å². The van der Waals surface area contributed by atoms with Gasteiger partial charge in [-0.3, -0.25) is 0 Å². The van der Waals surface area contributed by atoms with Crippen molar-refractivity contribution in [2.24, 2.45) is 0 Å².